The van der Waals surface area contributed by atoms with Gasteiger partial charge in [0.15, 0.2) is 0 Å². The largest absolute Gasteiger partial charge is 0.464 e. The van der Waals surface area contributed by atoms with Crippen molar-refractivity contribution in [3.8, 4) is 0 Å². The summed E-state index contributed by atoms with van der Waals surface area (Å²) in [6.07, 6.45) is 3.91. The van der Waals surface area contributed by atoms with Crippen LogP contribution in [0, 0.1) is 6.92 Å². The maximum absolute atomic E-state index is 13.7. The van der Waals surface area contributed by atoms with E-state index in [1.807, 2.05) is 19.1 Å². The molecule has 4 heterocycles. The van der Waals surface area contributed by atoms with Crippen molar-refractivity contribution in [2.75, 3.05) is 31.2 Å². The number of amides is 1. The molecule has 2 aliphatic rings. The molecule has 1 N–H and O–H groups in total. The van der Waals surface area contributed by atoms with Crippen LogP contribution in [0.2, 0.25) is 10.0 Å². The van der Waals surface area contributed by atoms with E-state index in [9.17, 15) is 9.59 Å². The number of ether oxygens (including phenoxy) is 1. The van der Waals surface area contributed by atoms with Crippen LogP contribution in [0.15, 0.2) is 27.6 Å². The number of pyridine rings is 1. The van der Waals surface area contributed by atoms with Gasteiger partial charge in [0.25, 0.3) is 11.5 Å². The van der Waals surface area contributed by atoms with Gasteiger partial charge in [-0.3, -0.25) is 9.59 Å². The van der Waals surface area contributed by atoms with E-state index in [1.165, 1.54) is 0 Å². The molecule has 0 atom stereocenters. The van der Waals surface area contributed by atoms with Gasteiger partial charge in [-0.1, -0.05) is 23.2 Å². The summed E-state index contributed by atoms with van der Waals surface area (Å²) in [6.45, 7) is 6.62. The lowest BCUT2D eigenvalue weighted by Gasteiger charge is -2.37. The summed E-state index contributed by atoms with van der Waals surface area (Å²) in [4.78, 5) is 33.2. The Kier molecular flexibility index (Phi) is 6.35. The normalized spacial score (nSPS) is 16.8. The van der Waals surface area contributed by atoms with Crippen LogP contribution in [-0.4, -0.2) is 48.1 Å². The number of anilines is 1. The van der Waals surface area contributed by atoms with Crippen LogP contribution in [0.5, 0.6) is 0 Å². The molecular weight excluding hydrogens is 477 g/mol. The second-order valence-corrected chi connectivity index (χ2v) is 9.66. The maximum atomic E-state index is 13.7. The summed E-state index contributed by atoms with van der Waals surface area (Å²) < 4.78 is 11.1. The van der Waals surface area contributed by atoms with Gasteiger partial charge in [-0.25, -0.2) is 0 Å². The van der Waals surface area contributed by atoms with Crippen molar-refractivity contribution in [1.82, 2.24) is 9.88 Å². The van der Waals surface area contributed by atoms with E-state index < -0.39 is 0 Å². The fraction of sp³-hybridized carbons (Fsp3) is 0.440. The van der Waals surface area contributed by atoms with E-state index in [0.717, 1.165) is 41.7 Å². The number of nitrogens with zero attached hydrogens (tertiary/aromatic N) is 2. The Morgan fingerprint density at radius 3 is 2.74 bits per heavy atom. The van der Waals surface area contributed by atoms with Gasteiger partial charge in [0.2, 0.25) is 0 Å². The quantitative estimate of drug-likeness (QED) is 0.533. The van der Waals surface area contributed by atoms with Crippen molar-refractivity contribution in [2.45, 2.75) is 45.7 Å². The Balaban J connectivity index is 1.52. The highest BCUT2D eigenvalue weighted by Crippen LogP contribution is 2.41. The summed E-state index contributed by atoms with van der Waals surface area (Å²) in [5.74, 6) is -0.224. The zero-order chi connectivity index (χ0) is 24.0. The fourth-order valence-corrected chi connectivity index (χ4v) is 5.85. The monoisotopic (exact) mass is 503 g/mol. The summed E-state index contributed by atoms with van der Waals surface area (Å²) in [6, 6.07) is 3.98. The van der Waals surface area contributed by atoms with Crippen molar-refractivity contribution in [3.63, 3.8) is 0 Å². The number of carbonyl (C=O) groups is 1. The number of hydrogen-bond acceptors (Lipinski definition) is 5. The van der Waals surface area contributed by atoms with Crippen LogP contribution in [0.25, 0.3) is 11.0 Å². The highest BCUT2D eigenvalue weighted by Gasteiger charge is 2.33. The number of aryl methyl sites for hydroxylation is 1. The minimum atomic E-state index is -0.256. The Hall–Kier alpha value is -2.48. The number of benzene rings is 1. The molecule has 2 aromatic heterocycles. The van der Waals surface area contributed by atoms with Gasteiger partial charge in [0.05, 0.1) is 34.6 Å². The maximum Gasteiger partial charge on any atom is 0.256 e. The summed E-state index contributed by atoms with van der Waals surface area (Å²) in [7, 11) is 0. The van der Waals surface area contributed by atoms with Gasteiger partial charge < -0.3 is 23.9 Å². The van der Waals surface area contributed by atoms with E-state index in [-0.39, 0.29) is 24.1 Å². The highest BCUT2D eigenvalue weighted by atomic mass is 35.5. The van der Waals surface area contributed by atoms with E-state index in [2.05, 4.69) is 16.8 Å². The molecule has 2 aliphatic heterocycles. The fourth-order valence-electron chi connectivity index (χ4n) is 5.20. The van der Waals surface area contributed by atoms with Crippen LogP contribution in [0.4, 0.5) is 5.69 Å². The lowest BCUT2D eigenvalue weighted by atomic mass is 9.96. The lowest BCUT2D eigenvalue weighted by Crippen LogP contribution is -2.41. The predicted molar refractivity (Wildman–Crippen MR) is 133 cm³/mol. The topological polar surface area (TPSA) is 78.8 Å². The van der Waals surface area contributed by atoms with Crippen molar-refractivity contribution in [3.05, 3.63) is 61.2 Å². The average Bonchev–Trinajstić information content (AvgIpc) is 3.32. The molecule has 0 radical (unpaired) electrons. The zero-order valence-corrected chi connectivity index (χ0v) is 20.8. The minimum absolute atomic E-state index is 0.132. The molecule has 0 aliphatic carbocycles. The van der Waals surface area contributed by atoms with Gasteiger partial charge in [0, 0.05) is 48.4 Å². The molecule has 3 aromatic rings. The molecule has 1 aromatic carbocycles. The van der Waals surface area contributed by atoms with E-state index in [1.54, 1.807) is 11.2 Å². The average molecular weight is 504 g/mol. The van der Waals surface area contributed by atoms with Gasteiger partial charge in [0.1, 0.15) is 5.58 Å². The number of furan rings is 1. The Labute approximate surface area is 207 Å². The van der Waals surface area contributed by atoms with Gasteiger partial charge in [-0.15, -0.1) is 0 Å². The number of fused-ring (bicyclic) bond motifs is 2. The number of rotatable bonds is 5. The Morgan fingerprint density at radius 1 is 1.24 bits per heavy atom. The van der Waals surface area contributed by atoms with Crippen molar-refractivity contribution < 1.29 is 13.9 Å². The first-order valence-electron chi connectivity index (χ1n) is 11.6. The molecule has 1 amide bonds. The lowest BCUT2D eigenvalue weighted by molar-refractivity contribution is 0.0726. The number of aromatic amines is 1. The van der Waals surface area contributed by atoms with Crippen molar-refractivity contribution in [2.24, 2.45) is 0 Å². The molecule has 0 unspecified atom stereocenters. The molecule has 0 saturated carbocycles. The molecule has 7 nitrogen and oxygen atoms in total. The number of hydrogen-bond donors (Lipinski definition) is 1. The third-order valence-corrected chi connectivity index (χ3v) is 7.70. The molecule has 180 valence electrons. The minimum Gasteiger partial charge on any atom is -0.464 e. The van der Waals surface area contributed by atoms with Crippen molar-refractivity contribution in [1.29, 1.82) is 0 Å². The molecule has 1 saturated heterocycles. The molecule has 34 heavy (non-hydrogen) atoms. The van der Waals surface area contributed by atoms with Crippen molar-refractivity contribution >= 4 is 45.8 Å². The number of carbonyl (C=O) groups excluding carboxylic acids is 1. The number of nitrogens with one attached hydrogen (secondary N) is 1. The molecule has 9 heteroatoms. The highest BCUT2D eigenvalue weighted by molar-refractivity contribution is 6.39. The summed E-state index contributed by atoms with van der Waals surface area (Å²) in [5.41, 5.74) is 3.39. The third kappa shape index (κ3) is 3.89. The zero-order valence-electron chi connectivity index (χ0n) is 19.2. The Bertz CT molecular complexity index is 1310. The number of H-pyrrole nitrogens is 1. The van der Waals surface area contributed by atoms with E-state index >= 15 is 0 Å². The van der Waals surface area contributed by atoms with E-state index in [0.29, 0.717) is 52.9 Å². The van der Waals surface area contributed by atoms with Crippen LogP contribution < -0.4 is 10.5 Å². The molecule has 5 rings (SSSR count). The van der Waals surface area contributed by atoms with Crippen LogP contribution in [0.3, 0.4) is 0 Å². The SMILES string of the molecule is CCN(c1cc(Cl)c2c(c1Cl)C(=O)N(Cc1c(=O)[nH]c(C)c3ccoc13)CC2)C1CCOCC1. The van der Waals surface area contributed by atoms with E-state index in [4.69, 9.17) is 32.4 Å². The third-order valence-electron chi connectivity index (χ3n) is 6.98. The first-order valence-corrected chi connectivity index (χ1v) is 12.4. The van der Waals surface area contributed by atoms with Crippen LogP contribution in [0.1, 0.15) is 46.9 Å². The van der Waals surface area contributed by atoms with Gasteiger partial charge in [-0.2, -0.15) is 0 Å². The summed E-state index contributed by atoms with van der Waals surface area (Å²) in [5, 5.41) is 1.80. The summed E-state index contributed by atoms with van der Waals surface area (Å²) >= 11 is 13.6. The standard InChI is InChI=1S/C25H27Cl2N3O4/c1-3-30(15-5-9-33-10-6-15)20-12-19(26)17-4-8-29(25(32)21(17)22(20)27)13-18-23-16(7-11-34-23)14(2)28-24(18)31/h7,11-12,15H,3-6,8-10,13H2,1-2H3,(H,28,31). The molecular formula is C25H27Cl2N3O4. The predicted octanol–water partition coefficient (Wildman–Crippen LogP) is 4.94. The smallest absolute Gasteiger partial charge is 0.256 e. The van der Waals surface area contributed by atoms with Crippen LogP contribution in [-0.2, 0) is 17.7 Å². The van der Waals surface area contributed by atoms with Crippen LogP contribution >= 0.6 is 23.2 Å². The first-order chi connectivity index (χ1) is 16.4. The number of halogens is 2. The molecule has 1 fully saturated rings. The Morgan fingerprint density at radius 2 is 2.00 bits per heavy atom. The molecule has 0 bridgehead atoms. The second-order valence-electron chi connectivity index (χ2n) is 8.87. The second kappa shape index (κ2) is 9.29. The number of aromatic nitrogens is 1. The van der Waals surface area contributed by atoms with Gasteiger partial charge in [-0.05, 0) is 50.8 Å². The molecule has 0 spiro atoms. The first kappa shape index (κ1) is 23.3. The van der Waals surface area contributed by atoms with Gasteiger partial charge >= 0.3 is 0 Å².